The van der Waals surface area contributed by atoms with Gasteiger partial charge in [-0.3, -0.25) is 9.48 Å². The van der Waals surface area contributed by atoms with E-state index < -0.39 is 0 Å². The van der Waals surface area contributed by atoms with E-state index in [0.29, 0.717) is 17.1 Å². The van der Waals surface area contributed by atoms with Crippen LogP contribution < -0.4 is 5.32 Å². The van der Waals surface area contributed by atoms with Crippen molar-refractivity contribution < 1.29 is 13.9 Å². The molecule has 3 aromatic rings. The summed E-state index contributed by atoms with van der Waals surface area (Å²) in [6.45, 7) is 7.20. The van der Waals surface area contributed by atoms with E-state index >= 15 is 0 Å². The highest BCUT2D eigenvalue weighted by Crippen LogP contribution is 2.26. The van der Waals surface area contributed by atoms with Crippen molar-refractivity contribution in [2.24, 2.45) is 0 Å². The summed E-state index contributed by atoms with van der Waals surface area (Å²) in [5.41, 5.74) is 3.83. The first kappa shape index (κ1) is 18.4. The monoisotopic (exact) mass is 380 g/mol. The van der Waals surface area contributed by atoms with Crippen LogP contribution in [0, 0.1) is 20.8 Å². The first-order valence-corrected chi connectivity index (χ1v) is 9.50. The number of anilines is 1. The average molecular weight is 380 g/mol. The predicted molar refractivity (Wildman–Crippen MR) is 105 cm³/mol. The molecule has 7 heteroatoms. The highest BCUT2D eigenvalue weighted by molar-refractivity contribution is 6.05. The molecule has 0 bridgehead atoms. The number of rotatable bonds is 4. The zero-order chi connectivity index (χ0) is 19.7. The number of ether oxygens (including phenoxy) is 1. The maximum Gasteiger partial charge on any atom is 0.259 e. The van der Waals surface area contributed by atoms with E-state index in [9.17, 15) is 4.79 Å². The molecular formula is C21H24N4O3. The molecule has 1 fully saturated rings. The van der Waals surface area contributed by atoms with Crippen molar-refractivity contribution in [1.29, 1.82) is 0 Å². The van der Waals surface area contributed by atoms with Gasteiger partial charge in [0.15, 0.2) is 0 Å². The standard InChI is InChI=1S/C21H24N4O3/c1-13-15(3)28-21(23-13)16-5-4-6-17(11-16)24-20(26)19-12-22-25(14(19)2)18-7-9-27-10-8-18/h4-6,11-12,18H,7-10H2,1-3H3,(H,24,26). The van der Waals surface area contributed by atoms with Gasteiger partial charge < -0.3 is 14.5 Å². The fourth-order valence-electron chi connectivity index (χ4n) is 3.47. The smallest absolute Gasteiger partial charge is 0.259 e. The molecule has 0 atom stereocenters. The van der Waals surface area contributed by atoms with Gasteiger partial charge in [0.1, 0.15) is 5.76 Å². The second-order valence-electron chi connectivity index (χ2n) is 7.13. The first-order chi connectivity index (χ1) is 13.5. The Balaban J connectivity index is 1.52. The fraction of sp³-hybridized carbons (Fsp3) is 0.381. The maximum atomic E-state index is 12.8. The predicted octanol–water partition coefficient (Wildman–Crippen LogP) is 4.07. The molecule has 0 aliphatic carbocycles. The van der Waals surface area contributed by atoms with E-state index in [2.05, 4.69) is 15.4 Å². The van der Waals surface area contributed by atoms with Gasteiger partial charge in [0.25, 0.3) is 5.91 Å². The lowest BCUT2D eigenvalue weighted by molar-refractivity contribution is 0.0656. The summed E-state index contributed by atoms with van der Waals surface area (Å²) in [4.78, 5) is 17.2. The largest absolute Gasteiger partial charge is 0.441 e. The third kappa shape index (κ3) is 3.57. The third-order valence-corrected chi connectivity index (χ3v) is 5.22. The molecule has 1 aromatic carbocycles. The van der Waals surface area contributed by atoms with E-state index in [0.717, 1.165) is 48.8 Å². The molecule has 0 saturated carbocycles. The van der Waals surface area contributed by atoms with Crippen LogP contribution in [0.15, 0.2) is 34.9 Å². The van der Waals surface area contributed by atoms with Crippen molar-refractivity contribution >= 4 is 11.6 Å². The lowest BCUT2D eigenvalue weighted by atomic mass is 10.1. The number of hydrogen-bond donors (Lipinski definition) is 1. The Kier molecular flexibility index (Phi) is 5.00. The summed E-state index contributed by atoms with van der Waals surface area (Å²) in [5.74, 6) is 1.17. The topological polar surface area (TPSA) is 82.2 Å². The zero-order valence-corrected chi connectivity index (χ0v) is 16.4. The number of aryl methyl sites for hydroxylation is 2. The number of nitrogens with one attached hydrogen (secondary N) is 1. The summed E-state index contributed by atoms with van der Waals surface area (Å²) in [6, 6.07) is 7.78. The van der Waals surface area contributed by atoms with Crippen molar-refractivity contribution in [3.05, 3.63) is 53.2 Å². The molecule has 2 aromatic heterocycles. The summed E-state index contributed by atoms with van der Waals surface area (Å²) < 4.78 is 13.1. The van der Waals surface area contributed by atoms with Crippen LogP contribution in [0.2, 0.25) is 0 Å². The van der Waals surface area contributed by atoms with Crippen molar-refractivity contribution in [1.82, 2.24) is 14.8 Å². The Bertz CT molecular complexity index is 980. The molecule has 4 rings (SSSR count). The molecule has 7 nitrogen and oxygen atoms in total. The SMILES string of the molecule is Cc1nc(-c2cccc(NC(=O)c3cnn(C4CCOCC4)c3C)c2)oc1C. The fourth-order valence-corrected chi connectivity index (χ4v) is 3.47. The van der Waals surface area contributed by atoms with Crippen LogP contribution in [0.25, 0.3) is 11.5 Å². The van der Waals surface area contributed by atoms with Gasteiger partial charge in [-0.2, -0.15) is 5.10 Å². The second-order valence-corrected chi connectivity index (χ2v) is 7.13. The number of benzene rings is 1. The molecule has 0 spiro atoms. The van der Waals surface area contributed by atoms with Gasteiger partial charge in [0, 0.05) is 30.2 Å². The first-order valence-electron chi connectivity index (χ1n) is 9.50. The number of carbonyl (C=O) groups excluding carboxylic acids is 1. The van der Waals surface area contributed by atoms with Gasteiger partial charge in [-0.1, -0.05) is 6.07 Å². The van der Waals surface area contributed by atoms with Gasteiger partial charge in [-0.25, -0.2) is 4.98 Å². The molecule has 146 valence electrons. The van der Waals surface area contributed by atoms with Crippen LogP contribution in [0.1, 0.15) is 46.4 Å². The Hall–Kier alpha value is -2.93. The van der Waals surface area contributed by atoms with E-state index in [1.807, 2.05) is 49.7 Å². The van der Waals surface area contributed by atoms with Crippen LogP contribution in [0.4, 0.5) is 5.69 Å². The lowest BCUT2D eigenvalue weighted by Gasteiger charge is -2.23. The van der Waals surface area contributed by atoms with E-state index in [4.69, 9.17) is 9.15 Å². The average Bonchev–Trinajstić information content (AvgIpc) is 3.25. The highest BCUT2D eigenvalue weighted by Gasteiger charge is 2.22. The number of hydrogen-bond acceptors (Lipinski definition) is 5. The maximum absolute atomic E-state index is 12.8. The Morgan fingerprint density at radius 1 is 1.21 bits per heavy atom. The van der Waals surface area contributed by atoms with Crippen LogP contribution in [-0.2, 0) is 4.74 Å². The molecule has 1 amide bonds. The van der Waals surface area contributed by atoms with Crippen LogP contribution in [-0.4, -0.2) is 33.9 Å². The van der Waals surface area contributed by atoms with E-state index in [-0.39, 0.29) is 11.9 Å². The second kappa shape index (κ2) is 7.59. The molecule has 0 unspecified atom stereocenters. The molecular weight excluding hydrogens is 356 g/mol. The molecule has 1 aliphatic heterocycles. The lowest BCUT2D eigenvalue weighted by Crippen LogP contribution is -2.22. The summed E-state index contributed by atoms with van der Waals surface area (Å²) in [5, 5.41) is 7.42. The number of oxazole rings is 1. The summed E-state index contributed by atoms with van der Waals surface area (Å²) in [6.07, 6.45) is 3.48. The number of nitrogens with zero attached hydrogens (tertiary/aromatic N) is 3. The molecule has 1 aliphatic rings. The van der Waals surface area contributed by atoms with Crippen LogP contribution >= 0.6 is 0 Å². The van der Waals surface area contributed by atoms with Gasteiger partial charge in [-0.15, -0.1) is 0 Å². The molecule has 1 N–H and O–H groups in total. The van der Waals surface area contributed by atoms with Crippen LogP contribution in [0.3, 0.4) is 0 Å². The van der Waals surface area contributed by atoms with Gasteiger partial charge in [0.05, 0.1) is 23.5 Å². The minimum absolute atomic E-state index is 0.173. The number of aromatic nitrogens is 3. The zero-order valence-electron chi connectivity index (χ0n) is 16.4. The normalized spacial score (nSPS) is 15.0. The number of amides is 1. The Labute approximate surface area is 163 Å². The Morgan fingerprint density at radius 2 is 2.00 bits per heavy atom. The minimum atomic E-state index is -0.173. The van der Waals surface area contributed by atoms with Crippen molar-refractivity contribution in [2.75, 3.05) is 18.5 Å². The van der Waals surface area contributed by atoms with Gasteiger partial charge >= 0.3 is 0 Å². The summed E-state index contributed by atoms with van der Waals surface area (Å²) in [7, 11) is 0. The van der Waals surface area contributed by atoms with Gasteiger partial charge in [-0.05, 0) is 51.8 Å². The minimum Gasteiger partial charge on any atom is -0.441 e. The van der Waals surface area contributed by atoms with Crippen molar-refractivity contribution in [3.63, 3.8) is 0 Å². The molecule has 28 heavy (non-hydrogen) atoms. The number of carbonyl (C=O) groups is 1. The molecule has 0 radical (unpaired) electrons. The van der Waals surface area contributed by atoms with Crippen molar-refractivity contribution in [3.8, 4) is 11.5 Å². The van der Waals surface area contributed by atoms with Crippen LogP contribution in [0.5, 0.6) is 0 Å². The van der Waals surface area contributed by atoms with E-state index in [1.54, 1.807) is 6.20 Å². The quantitative estimate of drug-likeness (QED) is 0.738. The summed E-state index contributed by atoms with van der Waals surface area (Å²) >= 11 is 0. The van der Waals surface area contributed by atoms with Crippen molar-refractivity contribution in [2.45, 2.75) is 39.7 Å². The van der Waals surface area contributed by atoms with E-state index in [1.165, 1.54) is 0 Å². The molecule has 3 heterocycles. The third-order valence-electron chi connectivity index (χ3n) is 5.22. The molecule has 1 saturated heterocycles. The van der Waals surface area contributed by atoms with Gasteiger partial charge in [0.2, 0.25) is 5.89 Å². The highest BCUT2D eigenvalue weighted by atomic mass is 16.5. The Morgan fingerprint density at radius 3 is 2.71 bits per heavy atom.